The van der Waals surface area contributed by atoms with Crippen LogP contribution in [0.15, 0.2) is 12.1 Å². The van der Waals surface area contributed by atoms with Gasteiger partial charge in [0, 0.05) is 9.75 Å². The Hall–Kier alpha value is -0.380. The number of rotatable bonds is 4. The second kappa shape index (κ2) is 3.78. The van der Waals surface area contributed by atoms with Crippen LogP contribution in [0.25, 0.3) is 0 Å². The Morgan fingerprint density at radius 2 is 2.38 bits per heavy atom. The molecule has 0 radical (unpaired) electrons. The van der Waals surface area contributed by atoms with E-state index in [4.69, 9.17) is 5.84 Å². The van der Waals surface area contributed by atoms with Gasteiger partial charge in [-0.1, -0.05) is 6.92 Å². The molecule has 1 heterocycles. The van der Waals surface area contributed by atoms with Crippen molar-refractivity contribution in [3.63, 3.8) is 0 Å². The van der Waals surface area contributed by atoms with E-state index in [9.17, 15) is 0 Å². The lowest BCUT2D eigenvalue weighted by atomic mass is 10.1. The molecule has 0 saturated heterocycles. The first-order chi connectivity index (χ1) is 6.35. The SMILES string of the molecule is CCc1ccc(C(NN)C2CC2)s1. The molecule has 3 heteroatoms. The van der Waals surface area contributed by atoms with Gasteiger partial charge in [-0.25, -0.2) is 0 Å². The number of hydrogen-bond donors (Lipinski definition) is 2. The van der Waals surface area contributed by atoms with E-state index in [1.807, 2.05) is 11.3 Å². The van der Waals surface area contributed by atoms with Crippen LogP contribution in [-0.4, -0.2) is 0 Å². The Kier molecular flexibility index (Phi) is 2.67. The molecule has 1 aliphatic rings. The van der Waals surface area contributed by atoms with Crippen LogP contribution in [0.1, 0.15) is 35.6 Å². The van der Waals surface area contributed by atoms with Gasteiger partial charge in [0.25, 0.3) is 0 Å². The summed E-state index contributed by atoms with van der Waals surface area (Å²) in [5.74, 6) is 6.34. The fourth-order valence-electron chi connectivity index (χ4n) is 1.63. The number of hydrogen-bond acceptors (Lipinski definition) is 3. The predicted molar refractivity (Wildman–Crippen MR) is 56.5 cm³/mol. The number of aryl methyl sites for hydroxylation is 1. The highest BCUT2D eigenvalue weighted by Gasteiger charge is 2.32. The molecule has 0 spiro atoms. The molecule has 13 heavy (non-hydrogen) atoms. The zero-order chi connectivity index (χ0) is 9.26. The van der Waals surface area contributed by atoms with E-state index in [1.165, 1.54) is 22.6 Å². The smallest absolute Gasteiger partial charge is 0.0581 e. The first kappa shape index (κ1) is 9.19. The van der Waals surface area contributed by atoms with Gasteiger partial charge in [0.2, 0.25) is 0 Å². The van der Waals surface area contributed by atoms with Crippen LogP contribution in [0.4, 0.5) is 0 Å². The molecule has 1 fully saturated rings. The van der Waals surface area contributed by atoms with Crippen LogP contribution in [0.5, 0.6) is 0 Å². The van der Waals surface area contributed by atoms with Crippen LogP contribution in [0.2, 0.25) is 0 Å². The predicted octanol–water partition coefficient (Wildman–Crippen LogP) is 2.22. The van der Waals surface area contributed by atoms with E-state index in [1.54, 1.807) is 0 Å². The Morgan fingerprint density at radius 3 is 2.85 bits per heavy atom. The molecule has 0 amide bonds. The van der Waals surface area contributed by atoms with E-state index in [0.29, 0.717) is 6.04 Å². The fraction of sp³-hybridized carbons (Fsp3) is 0.600. The maximum atomic E-state index is 5.55. The third-order valence-corrected chi connectivity index (χ3v) is 3.92. The van der Waals surface area contributed by atoms with Crippen molar-refractivity contribution in [2.75, 3.05) is 0 Å². The zero-order valence-corrected chi connectivity index (χ0v) is 8.73. The summed E-state index contributed by atoms with van der Waals surface area (Å²) >= 11 is 1.89. The number of nitrogens with one attached hydrogen (secondary N) is 1. The molecular formula is C10H16N2S. The molecule has 0 aromatic carbocycles. The summed E-state index contributed by atoms with van der Waals surface area (Å²) in [5.41, 5.74) is 2.93. The van der Waals surface area contributed by atoms with Crippen molar-refractivity contribution in [2.24, 2.45) is 11.8 Å². The van der Waals surface area contributed by atoms with Crippen molar-refractivity contribution in [3.8, 4) is 0 Å². The summed E-state index contributed by atoms with van der Waals surface area (Å²) in [4.78, 5) is 2.86. The van der Waals surface area contributed by atoms with Gasteiger partial charge in [0.05, 0.1) is 6.04 Å². The molecule has 0 aliphatic heterocycles. The molecule has 2 nitrogen and oxygen atoms in total. The Balaban J connectivity index is 2.12. The van der Waals surface area contributed by atoms with Crippen LogP contribution in [-0.2, 0) is 6.42 Å². The average Bonchev–Trinajstić information content (AvgIpc) is 2.85. The van der Waals surface area contributed by atoms with E-state index in [0.717, 1.165) is 12.3 Å². The Morgan fingerprint density at radius 1 is 1.62 bits per heavy atom. The van der Waals surface area contributed by atoms with Gasteiger partial charge >= 0.3 is 0 Å². The molecule has 3 N–H and O–H groups in total. The third kappa shape index (κ3) is 1.93. The van der Waals surface area contributed by atoms with Gasteiger partial charge in [0.1, 0.15) is 0 Å². The second-order valence-corrected chi connectivity index (χ2v) is 4.84. The minimum atomic E-state index is 0.408. The fourth-order valence-corrected chi connectivity index (χ4v) is 2.74. The van der Waals surface area contributed by atoms with Crippen molar-refractivity contribution in [1.29, 1.82) is 0 Å². The van der Waals surface area contributed by atoms with Gasteiger partial charge in [-0.05, 0) is 37.3 Å². The molecule has 1 atom stereocenters. The maximum absolute atomic E-state index is 5.55. The van der Waals surface area contributed by atoms with E-state index in [-0.39, 0.29) is 0 Å². The minimum Gasteiger partial charge on any atom is -0.271 e. The average molecular weight is 196 g/mol. The molecule has 72 valence electrons. The van der Waals surface area contributed by atoms with Gasteiger partial charge in [0.15, 0.2) is 0 Å². The summed E-state index contributed by atoms with van der Waals surface area (Å²) in [6.45, 7) is 2.19. The highest BCUT2D eigenvalue weighted by atomic mass is 32.1. The summed E-state index contributed by atoms with van der Waals surface area (Å²) in [6, 6.07) is 4.84. The third-order valence-electron chi connectivity index (χ3n) is 2.61. The molecule has 1 saturated carbocycles. The number of nitrogens with two attached hydrogens (primary N) is 1. The first-order valence-electron chi connectivity index (χ1n) is 4.90. The standard InChI is InChI=1S/C10H16N2S/c1-2-8-5-6-9(13-8)10(12-11)7-3-4-7/h5-7,10,12H,2-4,11H2,1H3. The second-order valence-electron chi connectivity index (χ2n) is 3.64. The van der Waals surface area contributed by atoms with E-state index >= 15 is 0 Å². The molecule has 0 bridgehead atoms. The monoisotopic (exact) mass is 196 g/mol. The van der Waals surface area contributed by atoms with Crippen LogP contribution >= 0.6 is 11.3 Å². The highest BCUT2D eigenvalue weighted by Crippen LogP contribution is 2.42. The molecular weight excluding hydrogens is 180 g/mol. The van der Waals surface area contributed by atoms with Gasteiger partial charge < -0.3 is 0 Å². The lowest BCUT2D eigenvalue weighted by Gasteiger charge is -2.12. The molecule has 2 rings (SSSR count). The minimum absolute atomic E-state index is 0.408. The van der Waals surface area contributed by atoms with Gasteiger partial charge in [-0.2, -0.15) is 0 Å². The number of thiophene rings is 1. The quantitative estimate of drug-likeness (QED) is 0.572. The van der Waals surface area contributed by atoms with Gasteiger partial charge in [-0.15, -0.1) is 11.3 Å². The topological polar surface area (TPSA) is 38.0 Å². The van der Waals surface area contributed by atoms with Crippen molar-refractivity contribution in [2.45, 2.75) is 32.2 Å². The Labute approximate surface area is 83.1 Å². The van der Waals surface area contributed by atoms with Crippen molar-refractivity contribution < 1.29 is 0 Å². The zero-order valence-electron chi connectivity index (χ0n) is 7.92. The number of hydrazine groups is 1. The molecule has 1 aromatic heterocycles. The van der Waals surface area contributed by atoms with E-state index in [2.05, 4.69) is 24.5 Å². The highest BCUT2D eigenvalue weighted by molar-refractivity contribution is 7.12. The lowest BCUT2D eigenvalue weighted by molar-refractivity contribution is 0.504. The van der Waals surface area contributed by atoms with Crippen LogP contribution in [0, 0.1) is 5.92 Å². The molecule has 1 aromatic rings. The van der Waals surface area contributed by atoms with Crippen molar-refractivity contribution >= 4 is 11.3 Å². The van der Waals surface area contributed by atoms with Crippen molar-refractivity contribution in [3.05, 3.63) is 21.9 Å². The summed E-state index contributed by atoms with van der Waals surface area (Å²) in [7, 11) is 0. The molecule has 1 unspecified atom stereocenters. The van der Waals surface area contributed by atoms with Crippen molar-refractivity contribution in [1.82, 2.24) is 5.43 Å². The normalized spacial score (nSPS) is 18.9. The maximum Gasteiger partial charge on any atom is 0.0581 e. The van der Waals surface area contributed by atoms with Crippen LogP contribution in [0.3, 0.4) is 0 Å². The largest absolute Gasteiger partial charge is 0.271 e. The summed E-state index contributed by atoms with van der Waals surface area (Å²) < 4.78 is 0. The summed E-state index contributed by atoms with van der Waals surface area (Å²) in [5, 5.41) is 0. The summed E-state index contributed by atoms with van der Waals surface area (Å²) in [6.07, 6.45) is 3.79. The van der Waals surface area contributed by atoms with E-state index < -0.39 is 0 Å². The van der Waals surface area contributed by atoms with Gasteiger partial charge in [-0.3, -0.25) is 11.3 Å². The first-order valence-corrected chi connectivity index (χ1v) is 5.71. The Bertz CT molecular complexity index is 278. The van der Waals surface area contributed by atoms with Crippen LogP contribution < -0.4 is 11.3 Å². The molecule has 1 aliphatic carbocycles. The lowest BCUT2D eigenvalue weighted by Crippen LogP contribution is -2.28.